The Bertz CT molecular complexity index is 246. The van der Waals surface area contributed by atoms with E-state index in [0.29, 0.717) is 5.92 Å². The maximum atomic E-state index is 5.58. The molecule has 0 aliphatic rings. The van der Waals surface area contributed by atoms with Gasteiger partial charge in [0.1, 0.15) is 11.5 Å². The summed E-state index contributed by atoms with van der Waals surface area (Å²) in [6.45, 7) is 10.2. The molecule has 0 bridgehead atoms. The van der Waals surface area contributed by atoms with Crippen LogP contribution in [0.3, 0.4) is 0 Å². The molecule has 0 unspecified atom stereocenters. The SMILES string of the molecule is [CH2]CCc1cc(C(C)C)c(C)o1. The van der Waals surface area contributed by atoms with Gasteiger partial charge in [0.2, 0.25) is 0 Å². The van der Waals surface area contributed by atoms with Crippen LogP contribution >= 0.6 is 0 Å². The molecule has 1 heteroatoms. The second-order valence-electron chi connectivity index (χ2n) is 3.48. The smallest absolute Gasteiger partial charge is 0.104 e. The van der Waals surface area contributed by atoms with E-state index in [1.165, 1.54) is 5.56 Å². The summed E-state index contributed by atoms with van der Waals surface area (Å²) in [6.07, 6.45) is 1.86. The third-order valence-corrected chi connectivity index (χ3v) is 2.05. The highest BCUT2D eigenvalue weighted by Crippen LogP contribution is 2.23. The Balaban J connectivity index is 2.85. The van der Waals surface area contributed by atoms with E-state index < -0.39 is 0 Å². The first kappa shape index (κ1) is 9.37. The van der Waals surface area contributed by atoms with E-state index in [1.807, 2.05) is 6.92 Å². The second kappa shape index (κ2) is 3.79. The number of furan rings is 1. The zero-order chi connectivity index (χ0) is 9.14. The highest BCUT2D eigenvalue weighted by Gasteiger charge is 2.09. The van der Waals surface area contributed by atoms with Crippen LogP contribution in [0.15, 0.2) is 10.5 Å². The molecule has 1 heterocycles. The first-order valence-corrected chi connectivity index (χ1v) is 4.53. The van der Waals surface area contributed by atoms with Gasteiger partial charge in [0.15, 0.2) is 0 Å². The minimum absolute atomic E-state index is 0.562. The van der Waals surface area contributed by atoms with E-state index >= 15 is 0 Å². The van der Waals surface area contributed by atoms with Gasteiger partial charge >= 0.3 is 0 Å². The molecule has 67 valence electrons. The average Bonchev–Trinajstić information content (AvgIpc) is 2.32. The Labute approximate surface area is 74.8 Å². The van der Waals surface area contributed by atoms with E-state index in [0.717, 1.165) is 24.4 Å². The Kier molecular flexibility index (Phi) is 2.96. The van der Waals surface area contributed by atoms with Gasteiger partial charge in [-0.25, -0.2) is 0 Å². The van der Waals surface area contributed by atoms with Gasteiger partial charge < -0.3 is 4.42 Å². The van der Waals surface area contributed by atoms with Crippen molar-refractivity contribution in [3.05, 3.63) is 30.1 Å². The summed E-state index contributed by atoms with van der Waals surface area (Å²) in [5.74, 6) is 2.70. The maximum Gasteiger partial charge on any atom is 0.104 e. The lowest BCUT2D eigenvalue weighted by Gasteiger charge is -1.99. The fourth-order valence-electron chi connectivity index (χ4n) is 1.43. The fourth-order valence-corrected chi connectivity index (χ4v) is 1.43. The first-order chi connectivity index (χ1) is 5.65. The summed E-state index contributed by atoms with van der Waals surface area (Å²) in [5.41, 5.74) is 1.33. The number of hydrogen-bond donors (Lipinski definition) is 0. The Morgan fingerprint density at radius 2 is 2.17 bits per heavy atom. The van der Waals surface area contributed by atoms with Crippen LogP contribution in [0.1, 0.15) is 43.3 Å². The lowest BCUT2D eigenvalue weighted by molar-refractivity contribution is 0.479. The minimum atomic E-state index is 0.562. The highest BCUT2D eigenvalue weighted by atomic mass is 16.3. The van der Waals surface area contributed by atoms with Crippen molar-refractivity contribution in [3.8, 4) is 0 Å². The molecule has 1 rings (SSSR count). The van der Waals surface area contributed by atoms with Gasteiger partial charge in [-0.1, -0.05) is 20.8 Å². The average molecular weight is 165 g/mol. The van der Waals surface area contributed by atoms with Gasteiger partial charge in [0, 0.05) is 6.42 Å². The van der Waals surface area contributed by atoms with Crippen molar-refractivity contribution in [1.82, 2.24) is 0 Å². The Morgan fingerprint density at radius 3 is 2.58 bits per heavy atom. The van der Waals surface area contributed by atoms with E-state index in [1.54, 1.807) is 0 Å². The molecule has 0 saturated heterocycles. The monoisotopic (exact) mass is 165 g/mol. The van der Waals surface area contributed by atoms with Crippen molar-refractivity contribution in [2.75, 3.05) is 0 Å². The number of aryl methyl sites for hydroxylation is 2. The van der Waals surface area contributed by atoms with Crippen molar-refractivity contribution in [1.29, 1.82) is 0 Å². The molecule has 0 atom stereocenters. The standard InChI is InChI=1S/C11H17O/c1-5-6-10-7-11(8(2)3)9(4)12-10/h7-8H,1,5-6H2,2-4H3. The van der Waals surface area contributed by atoms with Crippen LogP contribution in [0, 0.1) is 13.8 Å². The number of hydrogen-bond acceptors (Lipinski definition) is 1. The van der Waals surface area contributed by atoms with Crippen LogP contribution in [0.5, 0.6) is 0 Å². The van der Waals surface area contributed by atoms with E-state index in [-0.39, 0.29) is 0 Å². The zero-order valence-electron chi connectivity index (χ0n) is 8.18. The predicted molar refractivity (Wildman–Crippen MR) is 51.2 cm³/mol. The Hall–Kier alpha value is -0.720. The third kappa shape index (κ3) is 1.90. The van der Waals surface area contributed by atoms with Gasteiger partial charge in [0.25, 0.3) is 0 Å². The summed E-state index contributed by atoms with van der Waals surface area (Å²) in [7, 11) is 0. The van der Waals surface area contributed by atoms with Crippen LogP contribution in [-0.4, -0.2) is 0 Å². The maximum absolute atomic E-state index is 5.58. The highest BCUT2D eigenvalue weighted by molar-refractivity contribution is 5.23. The van der Waals surface area contributed by atoms with Gasteiger partial charge in [-0.3, -0.25) is 0 Å². The molecule has 12 heavy (non-hydrogen) atoms. The van der Waals surface area contributed by atoms with Gasteiger partial charge in [-0.2, -0.15) is 0 Å². The van der Waals surface area contributed by atoms with E-state index in [4.69, 9.17) is 4.42 Å². The zero-order valence-corrected chi connectivity index (χ0v) is 8.18. The molecule has 0 aliphatic carbocycles. The summed E-state index contributed by atoms with van der Waals surface area (Å²) in [4.78, 5) is 0. The van der Waals surface area contributed by atoms with Crippen LogP contribution in [0.2, 0.25) is 0 Å². The summed E-state index contributed by atoms with van der Waals surface area (Å²) >= 11 is 0. The Morgan fingerprint density at radius 1 is 1.50 bits per heavy atom. The molecule has 1 nitrogen and oxygen atoms in total. The molecular formula is C11H17O. The van der Waals surface area contributed by atoms with Crippen LogP contribution in [0.25, 0.3) is 0 Å². The second-order valence-corrected chi connectivity index (χ2v) is 3.48. The molecular weight excluding hydrogens is 148 g/mol. The molecule has 0 aliphatic heterocycles. The number of rotatable bonds is 3. The third-order valence-electron chi connectivity index (χ3n) is 2.05. The largest absolute Gasteiger partial charge is 0.466 e. The lowest BCUT2D eigenvalue weighted by atomic mass is 10.0. The normalized spacial score (nSPS) is 11.1. The van der Waals surface area contributed by atoms with Gasteiger partial charge in [-0.15, -0.1) is 0 Å². The topological polar surface area (TPSA) is 13.1 Å². The van der Waals surface area contributed by atoms with Crippen molar-refractivity contribution in [2.24, 2.45) is 0 Å². The molecule has 0 spiro atoms. The van der Waals surface area contributed by atoms with Crippen molar-refractivity contribution in [2.45, 2.75) is 39.5 Å². The van der Waals surface area contributed by atoms with Gasteiger partial charge in [-0.05, 0) is 30.9 Å². The minimum Gasteiger partial charge on any atom is -0.466 e. The molecule has 0 N–H and O–H groups in total. The van der Waals surface area contributed by atoms with E-state index in [2.05, 4.69) is 26.8 Å². The van der Waals surface area contributed by atoms with Crippen LogP contribution in [0.4, 0.5) is 0 Å². The summed E-state index contributed by atoms with van der Waals surface area (Å²) in [6, 6.07) is 2.16. The summed E-state index contributed by atoms with van der Waals surface area (Å²) in [5, 5.41) is 0. The van der Waals surface area contributed by atoms with Crippen molar-refractivity contribution in [3.63, 3.8) is 0 Å². The lowest BCUT2D eigenvalue weighted by Crippen LogP contribution is -1.85. The quantitative estimate of drug-likeness (QED) is 0.668. The van der Waals surface area contributed by atoms with Gasteiger partial charge in [0.05, 0.1) is 0 Å². The fraction of sp³-hybridized carbons (Fsp3) is 0.545. The van der Waals surface area contributed by atoms with Crippen molar-refractivity contribution < 1.29 is 4.42 Å². The van der Waals surface area contributed by atoms with E-state index in [9.17, 15) is 0 Å². The molecule has 0 aromatic carbocycles. The molecule has 0 saturated carbocycles. The molecule has 1 aromatic rings. The molecule has 1 radical (unpaired) electrons. The summed E-state index contributed by atoms with van der Waals surface area (Å²) < 4.78 is 5.58. The van der Waals surface area contributed by atoms with Crippen molar-refractivity contribution >= 4 is 0 Å². The molecule has 0 amide bonds. The first-order valence-electron chi connectivity index (χ1n) is 4.53. The molecule has 0 fully saturated rings. The van der Waals surface area contributed by atoms with Crippen LogP contribution in [-0.2, 0) is 6.42 Å². The van der Waals surface area contributed by atoms with Crippen LogP contribution < -0.4 is 0 Å². The predicted octanol–water partition coefficient (Wildman–Crippen LogP) is 3.48. The molecule has 1 aromatic heterocycles.